The quantitative estimate of drug-likeness (QED) is 0.797. The lowest BCUT2D eigenvalue weighted by Crippen LogP contribution is -2.08. The zero-order valence-corrected chi connectivity index (χ0v) is 10.4. The van der Waals surface area contributed by atoms with Crippen molar-refractivity contribution in [1.82, 2.24) is 9.97 Å². The summed E-state index contributed by atoms with van der Waals surface area (Å²) in [5.41, 5.74) is 3.80. The highest BCUT2D eigenvalue weighted by molar-refractivity contribution is 9.10. The largest absolute Gasteiger partial charge is 0.306 e. The predicted octanol–water partition coefficient (Wildman–Crippen LogP) is 2.61. The standard InChI is InChI=1S/C11H11BrN2O/c1-5-6(2)8-4-9(12)11(15)14-10(8)13-7(5)3/h4H,1-3H3,(H,13,14,15). The minimum Gasteiger partial charge on any atom is -0.306 e. The summed E-state index contributed by atoms with van der Waals surface area (Å²) in [5.74, 6) is 0. The van der Waals surface area contributed by atoms with Gasteiger partial charge in [-0.3, -0.25) is 4.79 Å². The number of fused-ring (bicyclic) bond motifs is 1. The van der Waals surface area contributed by atoms with Gasteiger partial charge in [-0.05, 0) is 53.9 Å². The fourth-order valence-electron chi connectivity index (χ4n) is 1.59. The van der Waals surface area contributed by atoms with Gasteiger partial charge in [-0.1, -0.05) is 0 Å². The van der Waals surface area contributed by atoms with Crippen molar-refractivity contribution >= 4 is 27.0 Å². The van der Waals surface area contributed by atoms with Gasteiger partial charge < -0.3 is 4.98 Å². The zero-order valence-electron chi connectivity index (χ0n) is 8.81. The Hall–Kier alpha value is -1.16. The second-order valence-corrected chi connectivity index (χ2v) is 4.51. The van der Waals surface area contributed by atoms with Gasteiger partial charge in [0.25, 0.3) is 5.56 Å². The normalized spacial score (nSPS) is 10.9. The molecule has 15 heavy (non-hydrogen) atoms. The van der Waals surface area contributed by atoms with Crippen LogP contribution < -0.4 is 5.56 Å². The van der Waals surface area contributed by atoms with Crippen LogP contribution in [0.25, 0.3) is 11.0 Å². The SMILES string of the molecule is Cc1nc2[nH]c(=O)c(Br)cc2c(C)c1C. The van der Waals surface area contributed by atoms with E-state index in [1.165, 1.54) is 5.56 Å². The molecule has 0 aliphatic rings. The second kappa shape index (κ2) is 3.45. The molecule has 0 aromatic carbocycles. The lowest BCUT2D eigenvalue weighted by Gasteiger charge is -2.08. The summed E-state index contributed by atoms with van der Waals surface area (Å²) in [7, 11) is 0. The lowest BCUT2D eigenvalue weighted by molar-refractivity contribution is 1.12. The van der Waals surface area contributed by atoms with E-state index in [9.17, 15) is 4.79 Å². The number of rotatable bonds is 0. The van der Waals surface area contributed by atoms with E-state index >= 15 is 0 Å². The maximum atomic E-state index is 11.4. The van der Waals surface area contributed by atoms with Crippen molar-refractivity contribution in [2.45, 2.75) is 20.8 Å². The van der Waals surface area contributed by atoms with Gasteiger partial charge in [-0.15, -0.1) is 0 Å². The summed E-state index contributed by atoms with van der Waals surface area (Å²) in [6, 6.07) is 1.82. The Morgan fingerprint density at radius 1 is 1.27 bits per heavy atom. The van der Waals surface area contributed by atoms with Crippen LogP contribution in [-0.2, 0) is 0 Å². The highest BCUT2D eigenvalue weighted by Gasteiger charge is 2.07. The molecule has 2 rings (SSSR count). The topological polar surface area (TPSA) is 45.8 Å². The summed E-state index contributed by atoms with van der Waals surface area (Å²) in [4.78, 5) is 18.5. The highest BCUT2D eigenvalue weighted by Crippen LogP contribution is 2.21. The molecule has 2 aromatic rings. The number of aromatic amines is 1. The number of aromatic nitrogens is 2. The molecule has 0 spiro atoms. The van der Waals surface area contributed by atoms with E-state index in [2.05, 4.69) is 25.9 Å². The third kappa shape index (κ3) is 1.59. The Balaban J connectivity index is 2.99. The van der Waals surface area contributed by atoms with Crippen LogP contribution in [0.5, 0.6) is 0 Å². The molecule has 0 aliphatic heterocycles. The van der Waals surface area contributed by atoms with Crippen LogP contribution >= 0.6 is 15.9 Å². The van der Waals surface area contributed by atoms with Crippen molar-refractivity contribution in [3.8, 4) is 0 Å². The van der Waals surface area contributed by atoms with Crippen molar-refractivity contribution in [3.05, 3.63) is 37.7 Å². The number of aryl methyl sites for hydroxylation is 2. The minimum atomic E-state index is -0.141. The van der Waals surface area contributed by atoms with Crippen molar-refractivity contribution in [2.24, 2.45) is 0 Å². The van der Waals surface area contributed by atoms with E-state index in [0.29, 0.717) is 10.1 Å². The zero-order chi connectivity index (χ0) is 11.2. The van der Waals surface area contributed by atoms with Gasteiger partial charge in [0.2, 0.25) is 0 Å². The fourth-order valence-corrected chi connectivity index (χ4v) is 1.92. The second-order valence-electron chi connectivity index (χ2n) is 3.66. The molecular weight excluding hydrogens is 256 g/mol. The van der Waals surface area contributed by atoms with E-state index in [0.717, 1.165) is 16.6 Å². The van der Waals surface area contributed by atoms with E-state index < -0.39 is 0 Å². The van der Waals surface area contributed by atoms with Crippen LogP contribution in [0.4, 0.5) is 0 Å². The number of pyridine rings is 2. The van der Waals surface area contributed by atoms with Gasteiger partial charge in [0.1, 0.15) is 5.65 Å². The number of nitrogens with zero attached hydrogens (tertiary/aromatic N) is 1. The van der Waals surface area contributed by atoms with Crippen molar-refractivity contribution in [1.29, 1.82) is 0 Å². The Bertz CT molecular complexity index is 602. The number of hydrogen-bond acceptors (Lipinski definition) is 2. The highest BCUT2D eigenvalue weighted by atomic mass is 79.9. The van der Waals surface area contributed by atoms with Gasteiger partial charge in [0.15, 0.2) is 0 Å². The molecule has 0 aliphatic carbocycles. The average Bonchev–Trinajstić information content (AvgIpc) is 2.19. The summed E-state index contributed by atoms with van der Waals surface area (Å²) in [6.45, 7) is 6.02. The van der Waals surface area contributed by atoms with E-state index in [1.807, 2.05) is 26.8 Å². The molecule has 0 saturated carbocycles. The number of nitrogens with one attached hydrogen (secondary N) is 1. The fraction of sp³-hybridized carbons (Fsp3) is 0.273. The summed E-state index contributed by atoms with van der Waals surface area (Å²) >= 11 is 3.22. The molecule has 0 radical (unpaired) electrons. The van der Waals surface area contributed by atoms with Crippen LogP contribution in [-0.4, -0.2) is 9.97 Å². The van der Waals surface area contributed by atoms with Crippen LogP contribution in [0.1, 0.15) is 16.8 Å². The molecule has 4 heteroatoms. The first-order valence-electron chi connectivity index (χ1n) is 4.67. The Morgan fingerprint density at radius 2 is 1.93 bits per heavy atom. The van der Waals surface area contributed by atoms with Crippen LogP contribution in [0.2, 0.25) is 0 Å². The van der Waals surface area contributed by atoms with Crippen molar-refractivity contribution in [2.75, 3.05) is 0 Å². The molecule has 0 saturated heterocycles. The van der Waals surface area contributed by atoms with Crippen molar-refractivity contribution < 1.29 is 0 Å². The minimum absolute atomic E-state index is 0.141. The molecule has 0 atom stereocenters. The molecule has 1 N–H and O–H groups in total. The van der Waals surface area contributed by atoms with E-state index in [4.69, 9.17) is 0 Å². The van der Waals surface area contributed by atoms with E-state index in [1.54, 1.807) is 0 Å². The first-order chi connectivity index (χ1) is 7.00. The number of H-pyrrole nitrogens is 1. The molecule has 2 heterocycles. The average molecular weight is 267 g/mol. The molecule has 78 valence electrons. The number of halogens is 1. The van der Waals surface area contributed by atoms with Crippen LogP contribution in [0.3, 0.4) is 0 Å². The van der Waals surface area contributed by atoms with Gasteiger partial charge in [0, 0.05) is 11.1 Å². The van der Waals surface area contributed by atoms with Crippen LogP contribution in [0.15, 0.2) is 15.3 Å². The summed E-state index contributed by atoms with van der Waals surface area (Å²) in [6.07, 6.45) is 0. The van der Waals surface area contributed by atoms with Gasteiger partial charge >= 0.3 is 0 Å². The smallest absolute Gasteiger partial charge is 0.263 e. The van der Waals surface area contributed by atoms with E-state index in [-0.39, 0.29) is 5.56 Å². The molecular formula is C11H11BrN2O. The van der Waals surface area contributed by atoms with Gasteiger partial charge in [-0.2, -0.15) is 0 Å². The molecule has 2 aromatic heterocycles. The van der Waals surface area contributed by atoms with Crippen LogP contribution in [0, 0.1) is 20.8 Å². The molecule has 0 amide bonds. The summed E-state index contributed by atoms with van der Waals surface area (Å²) in [5, 5.41) is 0.990. The third-order valence-electron chi connectivity index (χ3n) is 2.76. The van der Waals surface area contributed by atoms with Gasteiger partial charge in [-0.25, -0.2) is 4.98 Å². The predicted molar refractivity (Wildman–Crippen MR) is 64.3 cm³/mol. The monoisotopic (exact) mass is 266 g/mol. The molecule has 0 bridgehead atoms. The summed E-state index contributed by atoms with van der Waals surface area (Å²) < 4.78 is 0.545. The van der Waals surface area contributed by atoms with Crippen molar-refractivity contribution in [3.63, 3.8) is 0 Å². The lowest BCUT2D eigenvalue weighted by atomic mass is 10.1. The maximum absolute atomic E-state index is 11.4. The first kappa shape index (κ1) is 10.4. The Morgan fingerprint density at radius 3 is 2.60 bits per heavy atom. The van der Waals surface area contributed by atoms with Gasteiger partial charge in [0.05, 0.1) is 4.47 Å². The Labute approximate surface area is 95.7 Å². The maximum Gasteiger partial charge on any atom is 0.263 e. The molecule has 0 unspecified atom stereocenters. The molecule has 0 fully saturated rings. The Kier molecular flexibility index (Phi) is 2.38. The number of hydrogen-bond donors (Lipinski definition) is 1. The third-order valence-corrected chi connectivity index (χ3v) is 3.35. The molecule has 3 nitrogen and oxygen atoms in total. The first-order valence-corrected chi connectivity index (χ1v) is 5.46.